The molecule has 0 radical (unpaired) electrons. The molecule has 0 aliphatic heterocycles. The van der Waals surface area contributed by atoms with Gasteiger partial charge in [-0.15, -0.1) is 0 Å². The Morgan fingerprint density at radius 2 is 1.37 bits per heavy atom. The standard InChI is InChI=1S/C14H9NO2.C2H6/c15-9-10-1-3-11(4-2-10)14(17)12-5-7-13(16)8-6-12;1-2/h1-8,16H;1-2H3. The van der Waals surface area contributed by atoms with Crippen molar-refractivity contribution >= 4 is 5.78 Å². The van der Waals surface area contributed by atoms with Gasteiger partial charge in [0.05, 0.1) is 11.6 Å². The number of nitrogens with zero attached hydrogens (tertiary/aromatic N) is 1. The van der Waals surface area contributed by atoms with Crippen molar-refractivity contribution in [3.63, 3.8) is 0 Å². The number of aromatic hydroxyl groups is 1. The zero-order valence-corrected chi connectivity index (χ0v) is 10.9. The Hall–Kier alpha value is -2.60. The minimum absolute atomic E-state index is 0.126. The number of carbonyl (C=O) groups is 1. The first-order valence-electron chi connectivity index (χ1n) is 6.04. The molecule has 0 bridgehead atoms. The molecular formula is C16H15NO2. The third kappa shape index (κ3) is 3.68. The SMILES string of the molecule is CC.N#Cc1ccc(C(=O)c2ccc(O)cc2)cc1. The largest absolute Gasteiger partial charge is 0.508 e. The van der Waals surface area contributed by atoms with Gasteiger partial charge in [-0.3, -0.25) is 4.79 Å². The Morgan fingerprint density at radius 3 is 1.79 bits per heavy atom. The Bertz CT molecular complexity index is 578. The molecule has 0 unspecified atom stereocenters. The number of ketones is 1. The van der Waals surface area contributed by atoms with Crippen LogP contribution >= 0.6 is 0 Å². The minimum atomic E-state index is -0.130. The van der Waals surface area contributed by atoms with Gasteiger partial charge in [0, 0.05) is 11.1 Å². The van der Waals surface area contributed by atoms with Gasteiger partial charge in [0.15, 0.2) is 5.78 Å². The maximum atomic E-state index is 12.0. The van der Waals surface area contributed by atoms with Gasteiger partial charge in [0.25, 0.3) is 0 Å². The summed E-state index contributed by atoms with van der Waals surface area (Å²) in [6, 6.07) is 14.5. The molecule has 1 N–H and O–H groups in total. The van der Waals surface area contributed by atoms with Crippen LogP contribution < -0.4 is 0 Å². The average molecular weight is 253 g/mol. The zero-order chi connectivity index (χ0) is 14.3. The van der Waals surface area contributed by atoms with Crippen molar-refractivity contribution in [3.05, 3.63) is 65.2 Å². The number of benzene rings is 2. The fourth-order valence-corrected chi connectivity index (χ4v) is 1.48. The van der Waals surface area contributed by atoms with E-state index < -0.39 is 0 Å². The van der Waals surface area contributed by atoms with Crippen LogP contribution in [0.5, 0.6) is 5.75 Å². The predicted octanol–water partition coefficient (Wildman–Crippen LogP) is 3.52. The van der Waals surface area contributed by atoms with E-state index in [1.807, 2.05) is 19.9 Å². The first kappa shape index (κ1) is 14.5. The number of phenolic OH excluding ortho intramolecular Hbond substituents is 1. The summed E-state index contributed by atoms with van der Waals surface area (Å²) in [7, 11) is 0. The molecule has 0 amide bonds. The van der Waals surface area contributed by atoms with E-state index in [4.69, 9.17) is 10.4 Å². The Balaban J connectivity index is 0.000000861. The molecule has 0 saturated carbocycles. The highest BCUT2D eigenvalue weighted by molar-refractivity contribution is 6.09. The van der Waals surface area contributed by atoms with Gasteiger partial charge in [0.2, 0.25) is 0 Å². The van der Waals surface area contributed by atoms with Crippen LogP contribution in [0, 0.1) is 11.3 Å². The summed E-state index contributed by atoms with van der Waals surface area (Å²) in [5.74, 6) is -0.00383. The summed E-state index contributed by atoms with van der Waals surface area (Å²) in [6.07, 6.45) is 0. The van der Waals surface area contributed by atoms with Crippen LogP contribution in [0.3, 0.4) is 0 Å². The quantitative estimate of drug-likeness (QED) is 0.833. The van der Waals surface area contributed by atoms with E-state index in [0.717, 1.165) is 0 Å². The van der Waals surface area contributed by atoms with Crippen molar-refractivity contribution in [1.29, 1.82) is 5.26 Å². The molecule has 0 atom stereocenters. The summed E-state index contributed by atoms with van der Waals surface area (Å²) < 4.78 is 0. The van der Waals surface area contributed by atoms with Crippen LogP contribution in [0.25, 0.3) is 0 Å². The van der Waals surface area contributed by atoms with Crippen molar-refractivity contribution in [2.45, 2.75) is 13.8 Å². The van der Waals surface area contributed by atoms with Crippen LogP contribution in [0.15, 0.2) is 48.5 Å². The normalized spacial score (nSPS) is 8.89. The van der Waals surface area contributed by atoms with Gasteiger partial charge in [-0.25, -0.2) is 0 Å². The lowest BCUT2D eigenvalue weighted by molar-refractivity contribution is 0.103. The van der Waals surface area contributed by atoms with Crippen molar-refractivity contribution in [3.8, 4) is 11.8 Å². The molecule has 3 nitrogen and oxygen atoms in total. The first-order chi connectivity index (χ1) is 9.20. The van der Waals surface area contributed by atoms with Crippen molar-refractivity contribution < 1.29 is 9.90 Å². The first-order valence-corrected chi connectivity index (χ1v) is 6.04. The number of rotatable bonds is 2. The van der Waals surface area contributed by atoms with Gasteiger partial charge in [-0.2, -0.15) is 5.26 Å². The molecule has 2 aromatic carbocycles. The lowest BCUT2D eigenvalue weighted by Gasteiger charge is -2.01. The number of phenols is 1. The number of hydrogen-bond donors (Lipinski definition) is 1. The van der Waals surface area contributed by atoms with E-state index in [9.17, 15) is 4.79 Å². The molecule has 19 heavy (non-hydrogen) atoms. The van der Waals surface area contributed by atoms with Crippen molar-refractivity contribution in [1.82, 2.24) is 0 Å². The van der Waals surface area contributed by atoms with E-state index >= 15 is 0 Å². The Morgan fingerprint density at radius 1 is 0.947 bits per heavy atom. The fraction of sp³-hybridized carbons (Fsp3) is 0.125. The number of carbonyl (C=O) groups excluding carboxylic acids is 1. The summed E-state index contributed by atoms with van der Waals surface area (Å²) in [4.78, 5) is 12.0. The Labute approximate surface area is 112 Å². The monoisotopic (exact) mass is 253 g/mol. The van der Waals surface area contributed by atoms with E-state index in [2.05, 4.69) is 0 Å². The second-order valence-corrected chi connectivity index (χ2v) is 3.57. The van der Waals surface area contributed by atoms with Crippen molar-refractivity contribution in [2.24, 2.45) is 0 Å². The number of nitriles is 1. The topological polar surface area (TPSA) is 61.1 Å². The molecule has 3 heteroatoms. The minimum Gasteiger partial charge on any atom is -0.508 e. The highest BCUT2D eigenvalue weighted by Gasteiger charge is 2.08. The average Bonchev–Trinajstić information content (AvgIpc) is 2.49. The summed E-state index contributed by atoms with van der Waals surface area (Å²) in [6.45, 7) is 4.00. The van der Waals surface area contributed by atoms with Gasteiger partial charge < -0.3 is 5.11 Å². The van der Waals surface area contributed by atoms with E-state index in [1.165, 1.54) is 12.1 Å². The van der Waals surface area contributed by atoms with Gasteiger partial charge in [-0.05, 0) is 48.5 Å². The molecule has 0 heterocycles. The summed E-state index contributed by atoms with van der Waals surface area (Å²) in [5.41, 5.74) is 1.55. The zero-order valence-electron chi connectivity index (χ0n) is 10.9. The third-order valence-electron chi connectivity index (χ3n) is 2.41. The molecule has 0 aliphatic carbocycles. The van der Waals surface area contributed by atoms with Gasteiger partial charge in [-0.1, -0.05) is 13.8 Å². The molecule has 0 aromatic heterocycles. The van der Waals surface area contributed by atoms with Crippen LogP contribution in [-0.2, 0) is 0 Å². The number of hydrogen-bond acceptors (Lipinski definition) is 3. The van der Waals surface area contributed by atoms with Crippen LogP contribution in [0.1, 0.15) is 35.3 Å². The van der Waals surface area contributed by atoms with Crippen molar-refractivity contribution in [2.75, 3.05) is 0 Å². The second-order valence-electron chi connectivity index (χ2n) is 3.57. The Kier molecular flexibility index (Phi) is 5.31. The maximum Gasteiger partial charge on any atom is 0.193 e. The molecule has 0 aliphatic rings. The van der Waals surface area contributed by atoms with Crippen LogP contribution in [-0.4, -0.2) is 10.9 Å². The molecular weight excluding hydrogens is 238 g/mol. The van der Waals surface area contributed by atoms with Gasteiger partial charge >= 0.3 is 0 Å². The van der Waals surface area contributed by atoms with Gasteiger partial charge in [0.1, 0.15) is 5.75 Å². The van der Waals surface area contributed by atoms with E-state index in [1.54, 1.807) is 36.4 Å². The molecule has 2 rings (SSSR count). The fourth-order valence-electron chi connectivity index (χ4n) is 1.48. The lowest BCUT2D eigenvalue weighted by Crippen LogP contribution is -2.00. The lowest BCUT2D eigenvalue weighted by atomic mass is 10.0. The van der Waals surface area contributed by atoms with E-state index in [0.29, 0.717) is 16.7 Å². The predicted molar refractivity (Wildman–Crippen MR) is 74.0 cm³/mol. The van der Waals surface area contributed by atoms with Crippen LogP contribution in [0.2, 0.25) is 0 Å². The third-order valence-corrected chi connectivity index (χ3v) is 2.41. The summed E-state index contributed by atoms with van der Waals surface area (Å²) >= 11 is 0. The molecule has 2 aromatic rings. The highest BCUT2D eigenvalue weighted by atomic mass is 16.3. The van der Waals surface area contributed by atoms with Crippen LogP contribution in [0.4, 0.5) is 0 Å². The molecule has 0 spiro atoms. The highest BCUT2D eigenvalue weighted by Crippen LogP contribution is 2.14. The molecule has 96 valence electrons. The molecule has 0 saturated heterocycles. The second kappa shape index (κ2) is 6.97. The summed E-state index contributed by atoms with van der Waals surface area (Å²) in [5, 5.41) is 17.8. The molecule has 0 fully saturated rings. The maximum absolute atomic E-state index is 12.0. The van der Waals surface area contributed by atoms with E-state index in [-0.39, 0.29) is 11.5 Å². The smallest absolute Gasteiger partial charge is 0.193 e.